The van der Waals surface area contributed by atoms with Gasteiger partial charge in [-0.3, -0.25) is 52.9 Å². The van der Waals surface area contributed by atoms with Gasteiger partial charge in [0.05, 0.1) is 12.6 Å². The van der Waals surface area contributed by atoms with Crippen molar-refractivity contribution in [2.75, 3.05) is 19.6 Å². The number of aliphatic carboxylic acids is 1. The summed E-state index contributed by atoms with van der Waals surface area (Å²) in [5, 5.41) is 41.4. The number of aromatic nitrogens is 1. The van der Waals surface area contributed by atoms with Gasteiger partial charge in [-0.25, -0.2) is 0 Å². The van der Waals surface area contributed by atoms with Crippen LogP contribution in [-0.4, -0.2) is 165 Å². The molecule has 1 aliphatic heterocycles. The number of nitrogens with two attached hydrogens (primary N) is 3. The van der Waals surface area contributed by atoms with Crippen molar-refractivity contribution in [2.45, 2.75) is 174 Å². The number of para-hydroxylation sites is 1. The van der Waals surface area contributed by atoms with Gasteiger partial charge in [0, 0.05) is 36.6 Å². The second kappa shape index (κ2) is 31.2. The molecule has 9 amide bonds. The molecular weight excluding hydrogens is 1010 g/mol. The highest BCUT2D eigenvalue weighted by atomic mass is 16.4. The molecule has 17 N–H and O–H groups in total. The van der Waals surface area contributed by atoms with Gasteiger partial charge in [-0.15, -0.1) is 0 Å². The SMILES string of the molecule is CC[C@H](C)[C@H](NC(=O)[C@@H]1CCCN1C(=O)[C@H](C)NC(=O)[C@H](CC(C)C)NC(=O)[C@H](CC(C)C)NC(=O)[C@H](CCCN=C(N)N)NC(=O)[C@H](Cc1c[nH]c2ccccc12)NC(=O)CN)C(=O)N[C@H](C(=O)N[C@@H](C)C(=O)O)[C@@H](C)O. The Balaban J connectivity index is 1.80. The minimum atomic E-state index is -1.56. The molecule has 1 fully saturated rings. The lowest BCUT2D eigenvalue weighted by atomic mass is 9.97. The maximum absolute atomic E-state index is 14.3. The summed E-state index contributed by atoms with van der Waals surface area (Å²) in [6, 6.07) is -3.87. The second-order valence-electron chi connectivity index (χ2n) is 20.9. The highest BCUT2D eigenvalue weighted by molar-refractivity contribution is 5.99. The number of aromatic amines is 1. The van der Waals surface area contributed by atoms with Crippen LogP contribution in [0.25, 0.3) is 10.9 Å². The molecule has 2 heterocycles. The Morgan fingerprint density at radius 1 is 0.705 bits per heavy atom. The van der Waals surface area contributed by atoms with Crippen molar-refractivity contribution < 1.29 is 58.2 Å². The average molecular weight is 1100 g/mol. The number of aliphatic imine (C=N–C) groups is 1. The first-order valence-corrected chi connectivity index (χ1v) is 26.6. The van der Waals surface area contributed by atoms with E-state index in [9.17, 15) is 58.2 Å². The summed E-state index contributed by atoms with van der Waals surface area (Å²) in [5.74, 6) is -8.93. The fraction of sp³-hybridized carbons (Fsp3) is 0.635. The van der Waals surface area contributed by atoms with E-state index in [0.717, 1.165) is 10.9 Å². The van der Waals surface area contributed by atoms with Crippen molar-refractivity contribution in [3.8, 4) is 0 Å². The molecule has 78 heavy (non-hydrogen) atoms. The zero-order chi connectivity index (χ0) is 58.6. The number of nitrogens with zero attached hydrogens (tertiary/aromatic N) is 2. The van der Waals surface area contributed by atoms with Crippen LogP contribution in [0.5, 0.6) is 0 Å². The lowest BCUT2D eigenvalue weighted by Gasteiger charge is -2.31. The maximum Gasteiger partial charge on any atom is 0.325 e. The number of carboxylic acids is 1. The number of hydrogen-bond donors (Lipinski definition) is 14. The van der Waals surface area contributed by atoms with Gasteiger partial charge >= 0.3 is 5.97 Å². The Morgan fingerprint density at radius 3 is 1.82 bits per heavy atom. The molecule has 3 rings (SSSR count). The summed E-state index contributed by atoms with van der Waals surface area (Å²) in [6.07, 6.45) is 1.76. The molecule has 11 atom stereocenters. The number of aliphatic hydroxyl groups excluding tert-OH is 1. The third-order valence-electron chi connectivity index (χ3n) is 13.3. The first-order valence-electron chi connectivity index (χ1n) is 26.6. The molecule has 0 unspecified atom stereocenters. The standard InChI is InChI=1S/C52H84N14O12/c1-10-28(6)41(48(74)65-42(31(9)67)49(75)59-30(8)51(77)78)64-47(73)39-18-14-20-66(39)50(76)29(7)58-44(70)36(21-26(2)3)63-45(71)37(22-27(4)5)62-43(69)35(17-13-19-56-52(54)55)61-46(72)38(60-40(68)24-53)23-32-25-57-34-16-12-11-15-33(32)34/h11-12,15-16,25-31,35-39,41-42,57,67H,10,13-14,17-24,53H2,1-9H3,(H,58,70)(H,59,75)(H,60,68)(H,61,72)(H,62,69)(H,63,71)(H,64,73)(H,65,74)(H,77,78)(H4,54,55,56)/t28-,29-,30-,31+,35-,36-,37-,38-,39-,41-,42-/m0/s1. The number of H-pyrrole nitrogens is 1. The van der Waals surface area contributed by atoms with Gasteiger partial charge in [0.1, 0.15) is 54.4 Å². The number of carbonyl (C=O) groups is 10. The number of nitrogens with one attached hydrogen (secondary N) is 9. The van der Waals surface area contributed by atoms with Crippen molar-refractivity contribution in [3.05, 3.63) is 36.0 Å². The van der Waals surface area contributed by atoms with Gasteiger partial charge in [0.25, 0.3) is 0 Å². The van der Waals surface area contributed by atoms with E-state index in [1.807, 2.05) is 52.0 Å². The van der Waals surface area contributed by atoms with Gasteiger partial charge < -0.3 is 79.8 Å². The van der Waals surface area contributed by atoms with E-state index >= 15 is 0 Å². The molecule has 26 heteroatoms. The summed E-state index contributed by atoms with van der Waals surface area (Å²) in [4.78, 5) is 144. The Hall–Kier alpha value is -7.35. The molecule has 0 aliphatic carbocycles. The van der Waals surface area contributed by atoms with Crippen molar-refractivity contribution in [1.29, 1.82) is 0 Å². The molecular formula is C52H84N14O12. The van der Waals surface area contributed by atoms with Crippen molar-refractivity contribution in [1.82, 2.24) is 52.4 Å². The minimum Gasteiger partial charge on any atom is -0.480 e. The molecule has 0 saturated carbocycles. The van der Waals surface area contributed by atoms with E-state index in [4.69, 9.17) is 17.2 Å². The predicted octanol–water partition coefficient (Wildman–Crippen LogP) is -1.76. The van der Waals surface area contributed by atoms with Crippen molar-refractivity contribution in [3.63, 3.8) is 0 Å². The van der Waals surface area contributed by atoms with Crippen molar-refractivity contribution >= 4 is 76.0 Å². The first kappa shape index (κ1) is 64.9. The van der Waals surface area contributed by atoms with Crippen LogP contribution in [0.15, 0.2) is 35.5 Å². The fourth-order valence-electron chi connectivity index (χ4n) is 8.87. The molecule has 2 aromatic rings. The second-order valence-corrected chi connectivity index (χ2v) is 20.9. The highest BCUT2D eigenvalue weighted by Gasteiger charge is 2.41. The smallest absolute Gasteiger partial charge is 0.325 e. The third kappa shape index (κ3) is 19.9. The minimum absolute atomic E-state index is 0.00805. The Morgan fingerprint density at radius 2 is 1.26 bits per heavy atom. The quantitative estimate of drug-likeness (QED) is 0.0226. The van der Waals surface area contributed by atoms with E-state index in [2.05, 4.69) is 52.5 Å². The van der Waals surface area contributed by atoms with Crippen LogP contribution in [0, 0.1) is 17.8 Å². The number of likely N-dealkylation sites (tertiary alicyclic amines) is 1. The molecule has 1 aromatic heterocycles. The fourth-order valence-corrected chi connectivity index (χ4v) is 8.87. The third-order valence-corrected chi connectivity index (χ3v) is 13.3. The van der Waals surface area contributed by atoms with Gasteiger partial charge in [-0.1, -0.05) is 66.2 Å². The molecule has 1 saturated heterocycles. The monoisotopic (exact) mass is 1100 g/mol. The molecule has 0 spiro atoms. The first-order chi connectivity index (χ1) is 36.7. The number of fused-ring (bicyclic) bond motifs is 1. The van der Waals surface area contributed by atoms with Crippen LogP contribution in [-0.2, 0) is 54.4 Å². The van der Waals surface area contributed by atoms with E-state index in [-0.39, 0.29) is 69.4 Å². The normalized spacial score (nSPS) is 17.1. The summed E-state index contributed by atoms with van der Waals surface area (Å²) < 4.78 is 0. The molecule has 434 valence electrons. The van der Waals surface area contributed by atoms with Gasteiger partial charge in [-0.05, 0) is 88.7 Å². The number of rotatable bonds is 31. The van der Waals surface area contributed by atoms with Crippen LogP contribution in [0.3, 0.4) is 0 Å². The number of amides is 9. The van der Waals surface area contributed by atoms with Gasteiger partial charge in [0.15, 0.2) is 5.96 Å². The van der Waals surface area contributed by atoms with Crippen LogP contribution in [0.2, 0.25) is 0 Å². The topological polar surface area (TPSA) is 417 Å². The van der Waals surface area contributed by atoms with E-state index in [1.165, 1.54) is 25.7 Å². The lowest BCUT2D eigenvalue weighted by Crippen LogP contribution is -2.61. The number of hydrogen-bond acceptors (Lipinski definition) is 13. The maximum atomic E-state index is 14.3. The van der Waals surface area contributed by atoms with Gasteiger partial charge in [-0.2, -0.15) is 0 Å². The molecule has 0 radical (unpaired) electrons. The molecule has 1 aromatic carbocycles. The number of guanidine groups is 1. The summed E-state index contributed by atoms with van der Waals surface area (Å²) in [5.41, 5.74) is 18.2. The Kier molecular flexibility index (Phi) is 25.9. The van der Waals surface area contributed by atoms with Gasteiger partial charge in [0.2, 0.25) is 53.2 Å². The highest BCUT2D eigenvalue weighted by Crippen LogP contribution is 2.22. The zero-order valence-corrected chi connectivity index (χ0v) is 46.3. The number of carboxylic acid groups (broad SMARTS) is 1. The van der Waals surface area contributed by atoms with E-state index in [0.29, 0.717) is 18.4 Å². The van der Waals surface area contributed by atoms with E-state index in [1.54, 1.807) is 20.0 Å². The largest absolute Gasteiger partial charge is 0.480 e. The lowest BCUT2D eigenvalue weighted by molar-refractivity contribution is -0.143. The summed E-state index contributed by atoms with van der Waals surface area (Å²) >= 11 is 0. The van der Waals surface area contributed by atoms with E-state index < -0.39 is 132 Å². The molecule has 0 bridgehead atoms. The average Bonchev–Trinajstić information content (AvgIpc) is 4.04. The predicted molar refractivity (Wildman–Crippen MR) is 290 cm³/mol. The number of carbonyl (C=O) groups excluding carboxylic acids is 9. The van der Waals surface area contributed by atoms with Crippen LogP contribution >= 0.6 is 0 Å². The molecule has 1 aliphatic rings. The van der Waals surface area contributed by atoms with Crippen LogP contribution in [0.4, 0.5) is 0 Å². The van der Waals surface area contributed by atoms with Crippen molar-refractivity contribution in [2.24, 2.45) is 39.9 Å². The number of aliphatic hydroxyl groups is 1. The number of benzene rings is 1. The summed E-state index contributed by atoms with van der Waals surface area (Å²) in [7, 11) is 0. The summed E-state index contributed by atoms with van der Waals surface area (Å²) in [6.45, 7) is 14.5. The zero-order valence-electron chi connectivity index (χ0n) is 46.3. The Labute approximate surface area is 455 Å². The molecule has 26 nitrogen and oxygen atoms in total. The Bertz CT molecular complexity index is 2440. The van der Waals surface area contributed by atoms with Crippen LogP contribution < -0.4 is 59.7 Å². The van der Waals surface area contributed by atoms with Crippen LogP contribution in [0.1, 0.15) is 113 Å².